The summed E-state index contributed by atoms with van der Waals surface area (Å²) in [4.78, 5) is 3.90. The highest BCUT2D eigenvalue weighted by atomic mass is 35.7. The van der Waals surface area contributed by atoms with Crippen LogP contribution in [0.4, 0.5) is 37.7 Å². The van der Waals surface area contributed by atoms with Gasteiger partial charge in [0.05, 0.1) is 11.1 Å². The standard InChI is InChI=1S/C11H12ClF3N2O2S.C11H13F3N2/c12-20(18,19)17-7-5-16(6-8-17)10-3-1-9(2-4-10)11(13,14)15;12-11(13,14)9-1-3-10(4-2-9)16-7-5-15-6-8-16/h1-4H,5-8H2;1-4,15H,5-8H2. The number of nitrogens with one attached hydrogen (secondary N) is 1. The zero-order valence-electron chi connectivity index (χ0n) is 19.0. The van der Waals surface area contributed by atoms with E-state index < -0.39 is 32.7 Å². The Kier molecular flexibility index (Phi) is 9.02. The monoisotopic (exact) mass is 558 g/mol. The summed E-state index contributed by atoms with van der Waals surface area (Å²) in [6.07, 6.45) is -8.61. The van der Waals surface area contributed by atoms with Crippen LogP contribution in [0.2, 0.25) is 0 Å². The molecule has 0 unspecified atom stereocenters. The Labute approximate surface area is 210 Å². The van der Waals surface area contributed by atoms with E-state index in [1.54, 1.807) is 0 Å². The first-order valence-corrected chi connectivity index (χ1v) is 13.3. The molecule has 2 heterocycles. The maximum atomic E-state index is 12.4. The van der Waals surface area contributed by atoms with Crippen molar-refractivity contribution in [2.45, 2.75) is 12.4 Å². The molecule has 200 valence electrons. The van der Waals surface area contributed by atoms with Crippen molar-refractivity contribution in [2.24, 2.45) is 0 Å². The third-order valence-electron chi connectivity index (χ3n) is 5.78. The van der Waals surface area contributed by atoms with E-state index in [0.29, 0.717) is 18.8 Å². The molecule has 2 aromatic carbocycles. The van der Waals surface area contributed by atoms with Gasteiger partial charge in [0.2, 0.25) is 0 Å². The number of alkyl halides is 6. The van der Waals surface area contributed by atoms with Crippen LogP contribution in [0.3, 0.4) is 0 Å². The third-order valence-corrected chi connectivity index (χ3v) is 7.35. The van der Waals surface area contributed by atoms with Gasteiger partial charge in [-0.3, -0.25) is 0 Å². The van der Waals surface area contributed by atoms with Crippen molar-refractivity contribution in [3.8, 4) is 0 Å². The lowest BCUT2D eigenvalue weighted by Crippen LogP contribution is -2.47. The second-order valence-electron chi connectivity index (χ2n) is 8.15. The van der Waals surface area contributed by atoms with Crippen molar-refractivity contribution in [3.63, 3.8) is 0 Å². The van der Waals surface area contributed by atoms with Gasteiger partial charge < -0.3 is 15.1 Å². The summed E-state index contributed by atoms with van der Waals surface area (Å²) in [5.41, 5.74) is 0.189. The molecule has 0 aliphatic carbocycles. The molecule has 2 fully saturated rings. The molecule has 2 aromatic rings. The molecule has 0 bridgehead atoms. The smallest absolute Gasteiger partial charge is 0.369 e. The Morgan fingerprint density at radius 3 is 1.33 bits per heavy atom. The predicted molar refractivity (Wildman–Crippen MR) is 127 cm³/mol. The number of nitrogens with zero attached hydrogens (tertiary/aromatic N) is 3. The van der Waals surface area contributed by atoms with Crippen LogP contribution in [-0.4, -0.2) is 65.1 Å². The molecule has 0 saturated carbocycles. The van der Waals surface area contributed by atoms with Gasteiger partial charge in [-0.2, -0.15) is 39.1 Å². The summed E-state index contributed by atoms with van der Waals surface area (Å²) < 4.78 is 97.7. The van der Waals surface area contributed by atoms with Crippen LogP contribution in [0.1, 0.15) is 11.1 Å². The van der Waals surface area contributed by atoms with Gasteiger partial charge in [-0.25, -0.2) is 0 Å². The van der Waals surface area contributed by atoms with Gasteiger partial charge in [-0.15, -0.1) is 0 Å². The van der Waals surface area contributed by atoms with Crippen molar-refractivity contribution in [3.05, 3.63) is 59.7 Å². The van der Waals surface area contributed by atoms with E-state index >= 15 is 0 Å². The third kappa shape index (κ3) is 7.89. The molecule has 2 saturated heterocycles. The number of halogens is 7. The normalized spacial score (nSPS) is 18.0. The largest absolute Gasteiger partial charge is 0.416 e. The van der Waals surface area contributed by atoms with Crippen LogP contribution in [0, 0.1) is 0 Å². The lowest BCUT2D eigenvalue weighted by Gasteiger charge is -2.34. The second kappa shape index (κ2) is 11.4. The highest BCUT2D eigenvalue weighted by molar-refractivity contribution is 8.11. The van der Waals surface area contributed by atoms with Gasteiger partial charge in [0.1, 0.15) is 0 Å². The number of hydrogen-bond donors (Lipinski definition) is 1. The summed E-state index contributed by atoms with van der Waals surface area (Å²) in [5, 5.41) is 3.20. The number of benzene rings is 2. The second-order valence-corrected chi connectivity index (χ2v) is 10.7. The summed E-state index contributed by atoms with van der Waals surface area (Å²) >= 11 is 0. The molecule has 0 atom stereocenters. The first kappa shape index (κ1) is 28.4. The Bertz CT molecular complexity index is 1080. The molecule has 0 aromatic heterocycles. The molecule has 2 aliphatic heterocycles. The van der Waals surface area contributed by atoms with Crippen LogP contribution in [0.5, 0.6) is 0 Å². The maximum Gasteiger partial charge on any atom is 0.416 e. The van der Waals surface area contributed by atoms with E-state index in [1.165, 1.54) is 24.3 Å². The van der Waals surface area contributed by atoms with Gasteiger partial charge in [0.15, 0.2) is 0 Å². The molecule has 0 spiro atoms. The highest BCUT2D eigenvalue weighted by Crippen LogP contribution is 2.31. The molecule has 4 rings (SSSR count). The Balaban J connectivity index is 0.000000205. The lowest BCUT2D eigenvalue weighted by molar-refractivity contribution is -0.138. The number of piperazine rings is 2. The van der Waals surface area contributed by atoms with E-state index in [9.17, 15) is 34.8 Å². The van der Waals surface area contributed by atoms with Crippen molar-refractivity contribution in [2.75, 3.05) is 62.2 Å². The summed E-state index contributed by atoms with van der Waals surface area (Å²) in [6.45, 7) is 4.63. The summed E-state index contributed by atoms with van der Waals surface area (Å²) in [7, 11) is 1.50. The minimum absolute atomic E-state index is 0.215. The zero-order valence-corrected chi connectivity index (χ0v) is 20.6. The van der Waals surface area contributed by atoms with Crippen LogP contribution >= 0.6 is 10.7 Å². The minimum Gasteiger partial charge on any atom is -0.369 e. The van der Waals surface area contributed by atoms with Crippen LogP contribution in [0.15, 0.2) is 48.5 Å². The quantitative estimate of drug-likeness (QED) is 0.446. The maximum absolute atomic E-state index is 12.4. The van der Waals surface area contributed by atoms with Gasteiger partial charge in [-0.05, 0) is 48.5 Å². The number of hydrogen-bond acceptors (Lipinski definition) is 5. The van der Waals surface area contributed by atoms with Crippen molar-refractivity contribution < 1.29 is 34.8 Å². The first-order chi connectivity index (χ1) is 16.7. The molecule has 0 amide bonds. The van der Waals surface area contributed by atoms with E-state index in [1.807, 2.05) is 4.90 Å². The van der Waals surface area contributed by atoms with Crippen LogP contribution < -0.4 is 15.1 Å². The molecule has 6 nitrogen and oxygen atoms in total. The molecule has 36 heavy (non-hydrogen) atoms. The lowest BCUT2D eigenvalue weighted by atomic mass is 10.2. The number of rotatable bonds is 3. The number of anilines is 2. The van der Waals surface area contributed by atoms with Crippen molar-refractivity contribution >= 4 is 31.3 Å². The van der Waals surface area contributed by atoms with E-state index in [2.05, 4.69) is 10.2 Å². The van der Waals surface area contributed by atoms with Gasteiger partial charge >= 0.3 is 12.4 Å². The Morgan fingerprint density at radius 1 is 0.639 bits per heavy atom. The van der Waals surface area contributed by atoms with Crippen LogP contribution in [-0.2, 0) is 21.6 Å². The van der Waals surface area contributed by atoms with E-state index in [-0.39, 0.29) is 13.1 Å². The van der Waals surface area contributed by atoms with Crippen LogP contribution in [0.25, 0.3) is 0 Å². The summed E-state index contributed by atoms with van der Waals surface area (Å²) in [6, 6.07) is 10.1. The topological polar surface area (TPSA) is 55.9 Å². The minimum atomic E-state index is -4.36. The molecule has 14 heteroatoms. The molecule has 0 radical (unpaired) electrons. The highest BCUT2D eigenvalue weighted by Gasteiger charge is 2.31. The fourth-order valence-corrected chi connectivity index (χ4v) is 4.82. The van der Waals surface area contributed by atoms with Crippen molar-refractivity contribution in [1.82, 2.24) is 9.62 Å². The molecular formula is C22H25ClF6N4O2S. The average molecular weight is 559 g/mol. The Morgan fingerprint density at radius 2 is 1.00 bits per heavy atom. The van der Waals surface area contributed by atoms with Crippen molar-refractivity contribution in [1.29, 1.82) is 0 Å². The molecular weight excluding hydrogens is 534 g/mol. The van der Waals surface area contributed by atoms with E-state index in [0.717, 1.165) is 60.4 Å². The fraction of sp³-hybridized carbons (Fsp3) is 0.455. The summed E-state index contributed by atoms with van der Waals surface area (Å²) in [5.74, 6) is 0. The SMILES string of the molecule is FC(F)(F)c1ccc(N2CCNCC2)cc1.O=S(=O)(Cl)N1CCN(c2ccc(C(F)(F)F)cc2)CC1. The van der Waals surface area contributed by atoms with Gasteiger partial charge in [0.25, 0.3) is 9.24 Å². The molecule has 2 aliphatic rings. The predicted octanol–water partition coefficient (Wildman–Crippen LogP) is 4.43. The fourth-order valence-electron chi connectivity index (χ4n) is 3.81. The Hall–Kier alpha value is -2.22. The molecule has 1 N–H and O–H groups in total. The average Bonchev–Trinajstić information content (AvgIpc) is 2.84. The van der Waals surface area contributed by atoms with Gasteiger partial charge in [0, 0.05) is 74.4 Å². The first-order valence-electron chi connectivity index (χ1n) is 11.0. The zero-order chi connectivity index (χ0) is 26.6. The van der Waals surface area contributed by atoms with E-state index in [4.69, 9.17) is 10.7 Å². The van der Waals surface area contributed by atoms with Gasteiger partial charge in [-0.1, -0.05) is 0 Å².